The molecule has 0 aliphatic carbocycles. The van der Waals surface area contributed by atoms with Gasteiger partial charge < -0.3 is 10.1 Å². The second-order valence-corrected chi connectivity index (χ2v) is 3.68. The summed E-state index contributed by atoms with van der Waals surface area (Å²) in [5, 5.41) is 2.94. The summed E-state index contributed by atoms with van der Waals surface area (Å²) in [4.78, 5) is 18.9. The number of nitrogens with one attached hydrogen (secondary N) is 1. The smallest absolute Gasteiger partial charge is 0.146 e. The number of carbonyl (C=O) groups excluding carboxylic acids is 2. The Morgan fingerprint density at radius 1 is 1.28 bits per heavy atom. The lowest BCUT2D eigenvalue weighted by Gasteiger charge is -2.01. The molecule has 0 saturated heterocycles. The van der Waals surface area contributed by atoms with Crippen LogP contribution >= 0.6 is 0 Å². The lowest BCUT2D eigenvalue weighted by atomic mass is 10.0. The van der Waals surface area contributed by atoms with Crippen molar-refractivity contribution in [2.24, 2.45) is 0 Å². The third kappa shape index (κ3) is 6.43. The van der Waals surface area contributed by atoms with Crippen LogP contribution in [-0.4, -0.2) is 20.1 Å². The summed E-state index contributed by atoms with van der Waals surface area (Å²) < 4.78 is 0. The molecule has 0 unspecified atom stereocenters. The minimum atomic E-state index is 0.680. The molecule has 1 N–H and O–H groups in total. The van der Waals surface area contributed by atoms with E-state index in [-0.39, 0.29) is 0 Å². The Morgan fingerprint density at radius 2 is 1.89 bits per heavy atom. The van der Waals surface area contributed by atoms with Crippen molar-refractivity contribution >= 4 is 13.1 Å². The molecule has 1 aromatic carbocycles. The second-order valence-electron chi connectivity index (χ2n) is 3.68. The summed E-state index contributed by atoms with van der Waals surface area (Å²) in [5.74, 6) is 0. The van der Waals surface area contributed by atoms with Gasteiger partial charge in [-0.25, -0.2) is 0 Å². The van der Waals surface area contributed by atoms with Gasteiger partial charge in [-0.05, 0) is 29.8 Å². The quantitative estimate of drug-likeness (QED) is 0.492. The van der Waals surface area contributed by atoms with Crippen LogP contribution in [0.25, 0.3) is 0 Å². The maximum atomic E-state index is 10.9. The number of hydrogen-bond donors (Lipinski definition) is 1. The predicted molar refractivity (Wildman–Crippen MR) is 74.2 cm³/mol. The first-order valence-electron chi connectivity index (χ1n) is 5.59. The van der Waals surface area contributed by atoms with Gasteiger partial charge in [0, 0.05) is 13.5 Å². The SMILES string of the molecule is C=O.CN/C=C(C)\C=C(\C=O)Cc1ccccc1. The van der Waals surface area contributed by atoms with Crippen molar-refractivity contribution in [3.63, 3.8) is 0 Å². The lowest BCUT2D eigenvalue weighted by molar-refractivity contribution is -0.105. The zero-order valence-electron chi connectivity index (χ0n) is 10.8. The van der Waals surface area contributed by atoms with Crippen molar-refractivity contribution in [3.8, 4) is 0 Å². The van der Waals surface area contributed by atoms with E-state index in [1.165, 1.54) is 0 Å². The van der Waals surface area contributed by atoms with E-state index in [2.05, 4.69) is 5.32 Å². The average molecular weight is 245 g/mol. The van der Waals surface area contributed by atoms with Crippen LogP contribution in [0.3, 0.4) is 0 Å². The summed E-state index contributed by atoms with van der Waals surface area (Å²) in [7, 11) is 1.84. The number of rotatable bonds is 5. The molecule has 0 bridgehead atoms. The van der Waals surface area contributed by atoms with Gasteiger partial charge in [0.05, 0.1) is 0 Å². The maximum absolute atomic E-state index is 10.9. The summed E-state index contributed by atoms with van der Waals surface area (Å²) >= 11 is 0. The highest BCUT2D eigenvalue weighted by Crippen LogP contribution is 2.08. The number of allylic oxidation sites excluding steroid dienone is 3. The molecule has 3 heteroatoms. The maximum Gasteiger partial charge on any atom is 0.146 e. The van der Waals surface area contributed by atoms with Gasteiger partial charge >= 0.3 is 0 Å². The second kappa shape index (κ2) is 10.0. The monoisotopic (exact) mass is 245 g/mol. The molecule has 0 spiro atoms. The first-order valence-corrected chi connectivity index (χ1v) is 5.59. The van der Waals surface area contributed by atoms with E-state index in [0.29, 0.717) is 6.42 Å². The number of benzene rings is 1. The van der Waals surface area contributed by atoms with E-state index < -0.39 is 0 Å². The molecule has 0 atom stereocenters. The lowest BCUT2D eigenvalue weighted by Crippen LogP contribution is -1.96. The predicted octanol–water partition coefficient (Wildman–Crippen LogP) is 2.29. The zero-order chi connectivity index (χ0) is 13.8. The van der Waals surface area contributed by atoms with Gasteiger partial charge in [-0.1, -0.05) is 36.4 Å². The molecular formula is C15H19NO2. The Bertz CT molecular complexity index is 408. The van der Waals surface area contributed by atoms with Crippen molar-refractivity contribution in [1.29, 1.82) is 0 Å². The molecule has 1 aromatic rings. The molecular weight excluding hydrogens is 226 g/mol. The Balaban J connectivity index is 0.00000137. The highest BCUT2D eigenvalue weighted by atomic mass is 16.1. The van der Waals surface area contributed by atoms with Gasteiger partial charge in [0.25, 0.3) is 0 Å². The topological polar surface area (TPSA) is 46.2 Å². The van der Waals surface area contributed by atoms with Crippen molar-refractivity contribution in [3.05, 3.63) is 59.3 Å². The highest BCUT2D eigenvalue weighted by Gasteiger charge is 1.98. The fourth-order valence-electron chi connectivity index (χ4n) is 1.52. The van der Waals surface area contributed by atoms with E-state index in [1.54, 1.807) is 0 Å². The Morgan fingerprint density at radius 3 is 2.39 bits per heavy atom. The molecule has 1 rings (SSSR count). The van der Waals surface area contributed by atoms with E-state index in [4.69, 9.17) is 4.79 Å². The van der Waals surface area contributed by atoms with Crippen LogP contribution in [0.5, 0.6) is 0 Å². The minimum absolute atomic E-state index is 0.680. The van der Waals surface area contributed by atoms with Crippen molar-refractivity contribution < 1.29 is 9.59 Å². The van der Waals surface area contributed by atoms with E-state index in [0.717, 1.165) is 23.0 Å². The highest BCUT2D eigenvalue weighted by molar-refractivity contribution is 5.75. The molecule has 0 saturated carbocycles. The third-order valence-electron chi connectivity index (χ3n) is 2.19. The van der Waals surface area contributed by atoms with Crippen LogP contribution in [0.4, 0.5) is 0 Å². The largest absolute Gasteiger partial charge is 0.394 e. The Hall–Kier alpha value is -2.16. The first kappa shape index (κ1) is 15.8. The van der Waals surface area contributed by atoms with Crippen LogP contribution < -0.4 is 5.32 Å². The normalized spacial score (nSPS) is 11.2. The van der Waals surface area contributed by atoms with Crippen LogP contribution in [0, 0.1) is 0 Å². The molecule has 0 amide bonds. The number of hydrogen-bond acceptors (Lipinski definition) is 3. The van der Waals surface area contributed by atoms with Gasteiger partial charge in [-0.15, -0.1) is 0 Å². The van der Waals surface area contributed by atoms with E-state index >= 15 is 0 Å². The van der Waals surface area contributed by atoms with Gasteiger partial charge in [-0.3, -0.25) is 4.79 Å². The fourth-order valence-corrected chi connectivity index (χ4v) is 1.52. The zero-order valence-corrected chi connectivity index (χ0v) is 10.8. The van der Waals surface area contributed by atoms with Crippen molar-refractivity contribution in [1.82, 2.24) is 5.32 Å². The van der Waals surface area contributed by atoms with Gasteiger partial charge in [0.15, 0.2) is 0 Å². The molecule has 0 aromatic heterocycles. The Kier molecular flexibility index (Phi) is 8.82. The fraction of sp³-hybridized carbons (Fsp3) is 0.200. The first-order chi connectivity index (χ1) is 8.76. The van der Waals surface area contributed by atoms with Gasteiger partial charge in [0.2, 0.25) is 0 Å². The van der Waals surface area contributed by atoms with Crippen molar-refractivity contribution in [2.75, 3.05) is 7.05 Å². The standard InChI is InChI=1S/C14H17NO.CH2O/c1-12(10-15-2)8-14(11-16)9-13-6-4-3-5-7-13;1-2/h3-8,10-11,15H,9H2,1-2H3;1H2/b12-10-,14-8+;. The molecule has 0 aliphatic heterocycles. The average Bonchev–Trinajstić information content (AvgIpc) is 2.41. The number of carbonyl (C=O) groups is 2. The molecule has 0 fully saturated rings. The number of aldehydes is 1. The molecule has 0 aliphatic rings. The molecule has 18 heavy (non-hydrogen) atoms. The molecule has 0 heterocycles. The molecule has 96 valence electrons. The summed E-state index contributed by atoms with van der Waals surface area (Å²) in [5.41, 5.74) is 2.98. The van der Waals surface area contributed by atoms with E-state index in [1.807, 2.05) is 63.4 Å². The van der Waals surface area contributed by atoms with Crippen LogP contribution in [0.1, 0.15) is 12.5 Å². The van der Waals surface area contributed by atoms with Crippen LogP contribution in [-0.2, 0) is 16.0 Å². The summed E-state index contributed by atoms with van der Waals surface area (Å²) in [6.07, 6.45) is 5.37. The summed E-state index contributed by atoms with van der Waals surface area (Å²) in [6.45, 7) is 3.96. The molecule has 3 nitrogen and oxygen atoms in total. The summed E-state index contributed by atoms with van der Waals surface area (Å²) in [6, 6.07) is 9.98. The third-order valence-corrected chi connectivity index (χ3v) is 2.19. The Labute approximate surface area is 108 Å². The van der Waals surface area contributed by atoms with Crippen LogP contribution in [0.15, 0.2) is 53.8 Å². The van der Waals surface area contributed by atoms with Crippen LogP contribution in [0.2, 0.25) is 0 Å². The van der Waals surface area contributed by atoms with E-state index in [9.17, 15) is 4.79 Å². The molecule has 0 radical (unpaired) electrons. The van der Waals surface area contributed by atoms with Gasteiger partial charge in [0.1, 0.15) is 13.1 Å². The van der Waals surface area contributed by atoms with Gasteiger partial charge in [-0.2, -0.15) is 0 Å². The minimum Gasteiger partial charge on any atom is -0.394 e. The van der Waals surface area contributed by atoms with Crippen molar-refractivity contribution in [2.45, 2.75) is 13.3 Å².